The minimum Gasteiger partial charge on any atom is -0.497 e. The van der Waals surface area contributed by atoms with E-state index in [0.717, 1.165) is 28.4 Å². The Kier molecular flexibility index (Phi) is 6.50. The van der Waals surface area contributed by atoms with Gasteiger partial charge in [-0.2, -0.15) is 4.98 Å². The number of amides is 1. The standard InChI is InChI=1S/C26H25N5O2/c1-17-5-4-6-19(15-17)25(32)29-21-7-9-22(10-8-21)30-26-27-18(2)16-24(31-26)28-20-11-13-23(33-3)14-12-20/h4-16H,1-3H3,(H,29,32)(H2,27,28,30,31). The number of methoxy groups -OCH3 is 1. The molecule has 0 radical (unpaired) electrons. The number of hydrogen-bond acceptors (Lipinski definition) is 6. The summed E-state index contributed by atoms with van der Waals surface area (Å²) in [7, 11) is 1.64. The van der Waals surface area contributed by atoms with Crippen molar-refractivity contribution in [1.82, 2.24) is 9.97 Å². The van der Waals surface area contributed by atoms with Crippen LogP contribution in [0.4, 0.5) is 28.8 Å². The Bertz CT molecular complexity index is 1250. The summed E-state index contributed by atoms with van der Waals surface area (Å²) >= 11 is 0. The second-order valence-corrected chi connectivity index (χ2v) is 7.60. The van der Waals surface area contributed by atoms with Crippen molar-refractivity contribution in [2.45, 2.75) is 13.8 Å². The molecule has 166 valence electrons. The van der Waals surface area contributed by atoms with Gasteiger partial charge in [-0.3, -0.25) is 4.79 Å². The molecule has 0 atom stereocenters. The van der Waals surface area contributed by atoms with Gasteiger partial charge in [-0.15, -0.1) is 0 Å². The first-order chi connectivity index (χ1) is 16.0. The molecule has 0 saturated heterocycles. The fourth-order valence-electron chi connectivity index (χ4n) is 3.27. The number of carbonyl (C=O) groups excluding carboxylic acids is 1. The molecule has 1 amide bonds. The van der Waals surface area contributed by atoms with Gasteiger partial charge in [0, 0.05) is 34.4 Å². The molecule has 1 aromatic heterocycles. The van der Waals surface area contributed by atoms with Crippen LogP contribution in [0.5, 0.6) is 5.75 Å². The molecular weight excluding hydrogens is 414 g/mol. The Hall–Kier alpha value is -4.39. The normalized spacial score (nSPS) is 10.4. The van der Waals surface area contributed by atoms with Crippen LogP contribution in [0, 0.1) is 13.8 Å². The SMILES string of the molecule is COc1ccc(Nc2cc(C)nc(Nc3ccc(NC(=O)c4cccc(C)c4)cc3)n2)cc1. The van der Waals surface area contributed by atoms with Crippen LogP contribution in [0.15, 0.2) is 78.9 Å². The third-order valence-electron chi connectivity index (χ3n) is 4.90. The molecule has 0 spiro atoms. The topological polar surface area (TPSA) is 88.2 Å². The molecule has 3 aromatic carbocycles. The van der Waals surface area contributed by atoms with Crippen molar-refractivity contribution in [3.63, 3.8) is 0 Å². The Morgan fingerprint density at radius 1 is 0.788 bits per heavy atom. The molecule has 4 rings (SSSR count). The van der Waals surface area contributed by atoms with Crippen molar-refractivity contribution in [3.8, 4) is 5.75 Å². The van der Waals surface area contributed by atoms with Gasteiger partial charge < -0.3 is 20.7 Å². The zero-order valence-electron chi connectivity index (χ0n) is 18.7. The highest BCUT2D eigenvalue weighted by molar-refractivity contribution is 6.04. The largest absolute Gasteiger partial charge is 0.497 e. The number of aryl methyl sites for hydroxylation is 2. The van der Waals surface area contributed by atoms with Gasteiger partial charge in [-0.05, 0) is 74.5 Å². The van der Waals surface area contributed by atoms with E-state index in [2.05, 4.69) is 25.9 Å². The minimum absolute atomic E-state index is 0.143. The van der Waals surface area contributed by atoms with Crippen LogP contribution >= 0.6 is 0 Å². The van der Waals surface area contributed by atoms with E-state index in [4.69, 9.17) is 4.74 Å². The summed E-state index contributed by atoms with van der Waals surface area (Å²) in [6, 6.07) is 24.4. The smallest absolute Gasteiger partial charge is 0.255 e. The van der Waals surface area contributed by atoms with Gasteiger partial charge in [-0.25, -0.2) is 4.98 Å². The van der Waals surface area contributed by atoms with E-state index in [9.17, 15) is 4.79 Å². The van der Waals surface area contributed by atoms with Gasteiger partial charge in [0.05, 0.1) is 7.11 Å². The lowest BCUT2D eigenvalue weighted by Gasteiger charge is -2.11. The van der Waals surface area contributed by atoms with Crippen molar-refractivity contribution in [3.05, 3.63) is 95.7 Å². The zero-order valence-corrected chi connectivity index (χ0v) is 18.7. The maximum absolute atomic E-state index is 12.4. The zero-order chi connectivity index (χ0) is 23.2. The minimum atomic E-state index is -0.143. The highest BCUT2D eigenvalue weighted by Gasteiger charge is 2.07. The lowest BCUT2D eigenvalue weighted by Crippen LogP contribution is -2.11. The third-order valence-corrected chi connectivity index (χ3v) is 4.90. The molecule has 4 aromatic rings. The number of hydrogen-bond donors (Lipinski definition) is 3. The van der Waals surface area contributed by atoms with Crippen molar-refractivity contribution in [2.75, 3.05) is 23.1 Å². The first-order valence-corrected chi connectivity index (χ1v) is 10.5. The van der Waals surface area contributed by atoms with E-state index in [-0.39, 0.29) is 5.91 Å². The Labute approximate surface area is 192 Å². The molecule has 3 N–H and O–H groups in total. The maximum atomic E-state index is 12.4. The molecule has 7 heteroatoms. The summed E-state index contributed by atoms with van der Waals surface area (Å²) < 4.78 is 5.19. The van der Waals surface area contributed by atoms with Crippen LogP contribution in [0.2, 0.25) is 0 Å². The second kappa shape index (κ2) is 9.82. The number of nitrogens with zero attached hydrogens (tertiary/aromatic N) is 2. The Morgan fingerprint density at radius 2 is 1.45 bits per heavy atom. The molecule has 0 aliphatic heterocycles. The molecule has 33 heavy (non-hydrogen) atoms. The van der Waals surface area contributed by atoms with E-state index in [1.54, 1.807) is 13.2 Å². The molecule has 0 fully saturated rings. The number of nitrogens with one attached hydrogen (secondary N) is 3. The average Bonchev–Trinajstić information content (AvgIpc) is 2.80. The number of ether oxygens (including phenoxy) is 1. The number of rotatable bonds is 7. The predicted octanol–water partition coefficient (Wildman–Crippen LogP) is 5.84. The summed E-state index contributed by atoms with van der Waals surface area (Å²) in [6.45, 7) is 3.87. The molecule has 1 heterocycles. The lowest BCUT2D eigenvalue weighted by atomic mass is 10.1. The highest BCUT2D eigenvalue weighted by Crippen LogP contribution is 2.22. The monoisotopic (exact) mass is 439 g/mol. The van der Waals surface area contributed by atoms with Crippen LogP contribution in [0.1, 0.15) is 21.6 Å². The number of anilines is 5. The van der Waals surface area contributed by atoms with Crippen molar-refractivity contribution in [1.29, 1.82) is 0 Å². The lowest BCUT2D eigenvalue weighted by molar-refractivity contribution is 0.102. The first-order valence-electron chi connectivity index (χ1n) is 10.5. The van der Waals surface area contributed by atoms with Crippen LogP contribution < -0.4 is 20.7 Å². The average molecular weight is 440 g/mol. The third kappa shape index (κ3) is 5.86. The van der Waals surface area contributed by atoms with Crippen molar-refractivity contribution in [2.24, 2.45) is 0 Å². The predicted molar refractivity (Wildman–Crippen MR) is 132 cm³/mol. The number of benzene rings is 3. The van der Waals surface area contributed by atoms with Crippen LogP contribution in [-0.4, -0.2) is 23.0 Å². The summed E-state index contributed by atoms with van der Waals surface area (Å²) in [4.78, 5) is 21.5. The first kappa shape index (κ1) is 21.8. The summed E-state index contributed by atoms with van der Waals surface area (Å²) in [5.74, 6) is 1.80. The Morgan fingerprint density at radius 3 is 2.15 bits per heavy atom. The molecule has 0 aliphatic rings. The Balaban J connectivity index is 1.42. The summed E-state index contributed by atoms with van der Waals surface area (Å²) in [5.41, 5.74) is 4.91. The molecule has 0 aliphatic carbocycles. The number of carbonyl (C=O) groups is 1. The molecule has 7 nitrogen and oxygen atoms in total. The molecule has 0 bridgehead atoms. The van der Waals surface area contributed by atoms with E-state index in [0.29, 0.717) is 23.0 Å². The van der Waals surface area contributed by atoms with Crippen LogP contribution in [0.25, 0.3) is 0 Å². The van der Waals surface area contributed by atoms with Gasteiger partial charge in [-0.1, -0.05) is 17.7 Å². The van der Waals surface area contributed by atoms with Gasteiger partial charge in [0.25, 0.3) is 5.91 Å². The molecular formula is C26H25N5O2. The van der Waals surface area contributed by atoms with Gasteiger partial charge >= 0.3 is 0 Å². The van der Waals surface area contributed by atoms with Gasteiger partial charge in [0.1, 0.15) is 11.6 Å². The van der Waals surface area contributed by atoms with E-state index in [1.807, 2.05) is 86.6 Å². The maximum Gasteiger partial charge on any atom is 0.255 e. The summed E-state index contributed by atoms with van der Waals surface area (Å²) in [5, 5.41) is 9.41. The summed E-state index contributed by atoms with van der Waals surface area (Å²) in [6.07, 6.45) is 0. The molecule has 0 unspecified atom stereocenters. The highest BCUT2D eigenvalue weighted by atomic mass is 16.5. The fourth-order valence-corrected chi connectivity index (χ4v) is 3.27. The van der Waals surface area contributed by atoms with E-state index in [1.165, 1.54) is 0 Å². The quantitative estimate of drug-likeness (QED) is 0.335. The molecule has 0 saturated carbocycles. The van der Waals surface area contributed by atoms with E-state index < -0.39 is 0 Å². The van der Waals surface area contributed by atoms with Gasteiger partial charge in [0.15, 0.2) is 0 Å². The van der Waals surface area contributed by atoms with Crippen LogP contribution in [-0.2, 0) is 0 Å². The number of aromatic nitrogens is 2. The van der Waals surface area contributed by atoms with Gasteiger partial charge in [0.2, 0.25) is 5.95 Å². The van der Waals surface area contributed by atoms with Crippen LogP contribution in [0.3, 0.4) is 0 Å². The fraction of sp³-hybridized carbons (Fsp3) is 0.115. The van der Waals surface area contributed by atoms with Crippen molar-refractivity contribution < 1.29 is 9.53 Å². The van der Waals surface area contributed by atoms with E-state index >= 15 is 0 Å². The van der Waals surface area contributed by atoms with Crippen molar-refractivity contribution >= 4 is 34.7 Å². The second-order valence-electron chi connectivity index (χ2n) is 7.60.